The van der Waals surface area contributed by atoms with Crippen molar-refractivity contribution >= 4 is 15.9 Å². The molecular formula is C13H9BrF3N3O. The fourth-order valence-corrected chi connectivity index (χ4v) is 2.76. The summed E-state index contributed by atoms with van der Waals surface area (Å²) in [5, 5.41) is 16.0. The number of halogens is 4. The molecule has 8 heteroatoms. The number of alkyl halides is 4. The number of allylic oxidation sites excluding steroid dienone is 1. The lowest BCUT2D eigenvalue weighted by atomic mass is 9.89. The number of azo groups is 1. The summed E-state index contributed by atoms with van der Waals surface area (Å²) in [6, 6.07) is 8.12. The van der Waals surface area contributed by atoms with Gasteiger partial charge in [-0.05, 0) is 17.7 Å². The van der Waals surface area contributed by atoms with E-state index in [1.807, 2.05) is 6.07 Å². The molecule has 0 saturated carbocycles. The Hall–Kier alpha value is -1.88. The van der Waals surface area contributed by atoms with E-state index in [4.69, 9.17) is 10.00 Å². The van der Waals surface area contributed by atoms with E-state index in [9.17, 15) is 13.2 Å². The Kier molecular flexibility index (Phi) is 4.05. The van der Waals surface area contributed by atoms with E-state index in [0.717, 1.165) is 7.11 Å². The van der Waals surface area contributed by atoms with Gasteiger partial charge < -0.3 is 4.74 Å². The molecule has 1 aliphatic heterocycles. The maximum Gasteiger partial charge on any atom is 0.438 e. The molecule has 0 spiro atoms. The molecule has 0 fully saturated rings. The molecule has 1 atom stereocenters. The smallest absolute Gasteiger partial charge is 0.438 e. The molecule has 0 bridgehead atoms. The van der Waals surface area contributed by atoms with Crippen molar-refractivity contribution in [1.82, 2.24) is 0 Å². The summed E-state index contributed by atoms with van der Waals surface area (Å²) in [4.78, 5) is 0. The summed E-state index contributed by atoms with van der Waals surface area (Å²) in [6.07, 6.45) is -4.66. The highest BCUT2D eigenvalue weighted by molar-refractivity contribution is 9.09. The Morgan fingerprint density at radius 3 is 2.67 bits per heavy atom. The van der Waals surface area contributed by atoms with Crippen molar-refractivity contribution in [2.45, 2.75) is 11.7 Å². The van der Waals surface area contributed by atoms with Gasteiger partial charge in [-0.3, -0.25) is 0 Å². The van der Waals surface area contributed by atoms with E-state index in [2.05, 4.69) is 26.2 Å². The van der Waals surface area contributed by atoms with Gasteiger partial charge in [0.25, 0.3) is 0 Å². The van der Waals surface area contributed by atoms with Crippen molar-refractivity contribution in [3.63, 3.8) is 0 Å². The van der Waals surface area contributed by atoms with Crippen LogP contribution in [-0.4, -0.2) is 18.6 Å². The van der Waals surface area contributed by atoms with E-state index in [1.54, 1.807) is 18.2 Å². The van der Waals surface area contributed by atoms with E-state index >= 15 is 0 Å². The molecule has 1 aromatic carbocycles. The van der Waals surface area contributed by atoms with Crippen molar-refractivity contribution in [2.24, 2.45) is 10.2 Å². The standard InChI is InChI=1S/C13H9BrF3N3O/c1-21-11-10(13(15,16)17)19-20-12(11,7-14)9-4-2-3-8(5-9)6-18/h2-5H,7H2,1H3. The minimum atomic E-state index is -4.66. The van der Waals surface area contributed by atoms with Crippen molar-refractivity contribution in [2.75, 3.05) is 12.4 Å². The number of ether oxygens (including phenoxy) is 1. The first-order valence-electron chi connectivity index (χ1n) is 5.74. The van der Waals surface area contributed by atoms with Crippen LogP contribution in [0.15, 0.2) is 46.0 Å². The zero-order chi connectivity index (χ0) is 15.7. The quantitative estimate of drug-likeness (QED) is 0.764. The first kappa shape index (κ1) is 15.5. The van der Waals surface area contributed by atoms with Gasteiger partial charge in [0.15, 0.2) is 11.3 Å². The number of rotatable bonds is 3. The zero-order valence-corrected chi connectivity index (χ0v) is 12.4. The summed E-state index contributed by atoms with van der Waals surface area (Å²) in [7, 11) is 1.14. The van der Waals surface area contributed by atoms with Gasteiger partial charge in [-0.15, -0.1) is 5.11 Å². The Morgan fingerprint density at radius 1 is 1.43 bits per heavy atom. The Labute approximate surface area is 127 Å². The van der Waals surface area contributed by atoms with Crippen LogP contribution in [0.1, 0.15) is 11.1 Å². The SMILES string of the molecule is COC1=C(C(F)(F)F)N=NC1(CBr)c1cccc(C#N)c1. The Balaban J connectivity index is 2.65. The van der Waals surface area contributed by atoms with Crippen LogP contribution >= 0.6 is 15.9 Å². The molecule has 4 nitrogen and oxygen atoms in total. The van der Waals surface area contributed by atoms with Crippen LogP contribution < -0.4 is 0 Å². The highest BCUT2D eigenvalue weighted by Crippen LogP contribution is 2.47. The van der Waals surface area contributed by atoms with Crippen LogP contribution in [0.25, 0.3) is 0 Å². The molecular weight excluding hydrogens is 351 g/mol. The first-order valence-corrected chi connectivity index (χ1v) is 6.86. The van der Waals surface area contributed by atoms with Gasteiger partial charge in [0.1, 0.15) is 0 Å². The number of benzene rings is 1. The summed E-state index contributed by atoms with van der Waals surface area (Å²) >= 11 is 3.17. The predicted octanol–water partition coefficient (Wildman–Crippen LogP) is 4.03. The normalized spacial score (nSPS) is 21.5. The van der Waals surface area contributed by atoms with Gasteiger partial charge in [0, 0.05) is 5.33 Å². The maximum absolute atomic E-state index is 13.0. The molecule has 21 heavy (non-hydrogen) atoms. The van der Waals surface area contributed by atoms with Crippen LogP contribution in [0.3, 0.4) is 0 Å². The highest BCUT2D eigenvalue weighted by atomic mass is 79.9. The van der Waals surface area contributed by atoms with Gasteiger partial charge >= 0.3 is 6.18 Å². The fraction of sp³-hybridized carbons (Fsp3) is 0.308. The molecule has 110 valence electrons. The van der Waals surface area contributed by atoms with Crippen molar-refractivity contribution in [3.8, 4) is 6.07 Å². The number of nitriles is 1. The molecule has 0 saturated heterocycles. The molecule has 1 aromatic rings. The summed E-state index contributed by atoms with van der Waals surface area (Å²) in [5.41, 5.74) is -1.86. The van der Waals surface area contributed by atoms with Crippen molar-refractivity contribution in [3.05, 3.63) is 46.8 Å². The molecule has 0 amide bonds. The first-order chi connectivity index (χ1) is 9.89. The minimum absolute atomic E-state index is 0.0428. The van der Waals surface area contributed by atoms with E-state index in [1.165, 1.54) is 6.07 Å². The summed E-state index contributed by atoms with van der Waals surface area (Å²) < 4.78 is 43.9. The van der Waals surface area contributed by atoms with Crippen LogP contribution in [-0.2, 0) is 10.3 Å². The average molecular weight is 360 g/mol. The molecule has 1 heterocycles. The highest BCUT2D eigenvalue weighted by Gasteiger charge is 2.51. The van der Waals surface area contributed by atoms with E-state index in [0.29, 0.717) is 11.1 Å². The zero-order valence-electron chi connectivity index (χ0n) is 10.8. The molecule has 1 aliphatic rings. The van der Waals surface area contributed by atoms with Crippen LogP contribution in [0.4, 0.5) is 13.2 Å². The lowest BCUT2D eigenvalue weighted by Gasteiger charge is -2.25. The molecule has 2 rings (SSSR count). The number of hydrogen-bond donors (Lipinski definition) is 0. The largest absolute Gasteiger partial charge is 0.496 e. The molecule has 0 N–H and O–H groups in total. The number of hydrogen-bond acceptors (Lipinski definition) is 4. The monoisotopic (exact) mass is 359 g/mol. The molecule has 1 unspecified atom stereocenters. The van der Waals surface area contributed by atoms with E-state index < -0.39 is 17.4 Å². The van der Waals surface area contributed by atoms with Crippen LogP contribution in [0.5, 0.6) is 0 Å². The third-order valence-electron chi connectivity index (χ3n) is 3.05. The molecule has 0 aromatic heterocycles. The fourth-order valence-electron chi connectivity index (χ4n) is 2.07. The van der Waals surface area contributed by atoms with Crippen molar-refractivity contribution in [1.29, 1.82) is 5.26 Å². The summed E-state index contributed by atoms with van der Waals surface area (Å²) in [5.74, 6) is -0.387. The Morgan fingerprint density at radius 2 is 2.14 bits per heavy atom. The van der Waals surface area contributed by atoms with Crippen LogP contribution in [0.2, 0.25) is 0 Å². The van der Waals surface area contributed by atoms with Gasteiger partial charge in [-0.2, -0.15) is 23.5 Å². The predicted molar refractivity (Wildman–Crippen MR) is 71.6 cm³/mol. The van der Waals surface area contributed by atoms with Gasteiger partial charge in [-0.25, -0.2) is 0 Å². The number of nitrogens with zero attached hydrogens (tertiary/aromatic N) is 3. The van der Waals surface area contributed by atoms with Gasteiger partial charge in [0.05, 0.1) is 18.7 Å². The van der Waals surface area contributed by atoms with Crippen molar-refractivity contribution < 1.29 is 17.9 Å². The Bertz CT molecular complexity index is 663. The second kappa shape index (κ2) is 5.48. The van der Waals surface area contributed by atoms with E-state index in [-0.39, 0.29) is 11.1 Å². The van der Waals surface area contributed by atoms with Gasteiger partial charge in [0.2, 0.25) is 5.70 Å². The molecule has 0 radical (unpaired) electrons. The maximum atomic E-state index is 13.0. The average Bonchev–Trinajstić information content (AvgIpc) is 2.87. The minimum Gasteiger partial charge on any atom is -0.496 e. The third kappa shape index (κ3) is 2.53. The topological polar surface area (TPSA) is 57.7 Å². The second-order valence-corrected chi connectivity index (χ2v) is 4.83. The third-order valence-corrected chi connectivity index (χ3v) is 3.86. The lowest BCUT2D eigenvalue weighted by Crippen LogP contribution is -2.29. The summed E-state index contributed by atoms with van der Waals surface area (Å²) in [6.45, 7) is 0. The number of methoxy groups -OCH3 is 1. The van der Waals surface area contributed by atoms with Crippen LogP contribution in [0, 0.1) is 11.3 Å². The van der Waals surface area contributed by atoms with Gasteiger partial charge in [-0.1, -0.05) is 28.1 Å². The second-order valence-electron chi connectivity index (χ2n) is 4.27. The molecule has 0 aliphatic carbocycles. The lowest BCUT2D eigenvalue weighted by molar-refractivity contribution is -0.0956.